The molecular formula is C19H35NO4. The third-order valence-corrected chi connectivity index (χ3v) is 4.45. The molecule has 0 unspecified atom stereocenters. The van der Waals surface area contributed by atoms with E-state index in [-0.39, 0.29) is 18.5 Å². The lowest BCUT2D eigenvalue weighted by molar-refractivity contribution is -0.153. The Balaban J connectivity index is 2.06. The van der Waals surface area contributed by atoms with E-state index in [9.17, 15) is 9.59 Å². The van der Waals surface area contributed by atoms with E-state index in [0.717, 1.165) is 25.3 Å². The molecule has 0 aromatic heterocycles. The SMILES string of the molecule is CCOC(=O)CC[C@H]1CC[C@H](CCNCC(=O)OC(C)(C)C)CC1. The Morgan fingerprint density at radius 1 is 1.00 bits per heavy atom. The Morgan fingerprint density at radius 2 is 1.58 bits per heavy atom. The van der Waals surface area contributed by atoms with Crippen molar-refractivity contribution in [1.82, 2.24) is 5.32 Å². The van der Waals surface area contributed by atoms with Crippen molar-refractivity contribution in [3.63, 3.8) is 0 Å². The number of carbonyl (C=O) groups excluding carboxylic acids is 2. The van der Waals surface area contributed by atoms with Gasteiger partial charge in [-0.3, -0.25) is 9.59 Å². The molecule has 0 radical (unpaired) electrons. The predicted molar refractivity (Wildman–Crippen MR) is 94.6 cm³/mol. The van der Waals surface area contributed by atoms with E-state index in [1.165, 1.54) is 25.7 Å². The first-order valence-electron chi connectivity index (χ1n) is 9.38. The molecule has 24 heavy (non-hydrogen) atoms. The average Bonchev–Trinajstić information content (AvgIpc) is 2.49. The molecule has 0 bridgehead atoms. The van der Waals surface area contributed by atoms with Crippen molar-refractivity contribution in [2.75, 3.05) is 19.7 Å². The Bertz CT molecular complexity index is 381. The summed E-state index contributed by atoms with van der Waals surface area (Å²) in [5.41, 5.74) is -0.416. The maximum Gasteiger partial charge on any atom is 0.320 e. The van der Waals surface area contributed by atoms with Crippen LogP contribution in [-0.2, 0) is 19.1 Å². The van der Waals surface area contributed by atoms with Gasteiger partial charge in [-0.05, 0) is 58.9 Å². The van der Waals surface area contributed by atoms with E-state index < -0.39 is 5.60 Å². The summed E-state index contributed by atoms with van der Waals surface area (Å²) in [6.45, 7) is 9.10. The highest BCUT2D eigenvalue weighted by molar-refractivity contribution is 5.72. The Kier molecular flexibility index (Phi) is 9.34. The van der Waals surface area contributed by atoms with Crippen LogP contribution in [0.4, 0.5) is 0 Å². The smallest absolute Gasteiger partial charge is 0.320 e. The van der Waals surface area contributed by atoms with Gasteiger partial charge in [0.1, 0.15) is 5.60 Å². The molecule has 1 saturated carbocycles. The monoisotopic (exact) mass is 341 g/mol. The van der Waals surface area contributed by atoms with Gasteiger partial charge in [0.2, 0.25) is 0 Å². The van der Waals surface area contributed by atoms with Crippen LogP contribution < -0.4 is 5.32 Å². The quantitative estimate of drug-likeness (QED) is 0.514. The maximum absolute atomic E-state index is 11.6. The summed E-state index contributed by atoms with van der Waals surface area (Å²) in [5, 5.41) is 3.18. The molecule has 1 aliphatic carbocycles. The van der Waals surface area contributed by atoms with Crippen molar-refractivity contribution in [3.8, 4) is 0 Å². The molecule has 1 fully saturated rings. The molecule has 140 valence electrons. The van der Waals surface area contributed by atoms with Crippen LogP contribution in [-0.4, -0.2) is 37.2 Å². The highest BCUT2D eigenvalue weighted by Crippen LogP contribution is 2.33. The van der Waals surface area contributed by atoms with Crippen molar-refractivity contribution < 1.29 is 19.1 Å². The summed E-state index contributed by atoms with van der Waals surface area (Å²) in [6.07, 6.45) is 7.48. The van der Waals surface area contributed by atoms with Gasteiger partial charge < -0.3 is 14.8 Å². The second-order valence-electron chi connectivity index (χ2n) is 7.78. The highest BCUT2D eigenvalue weighted by atomic mass is 16.6. The van der Waals surface area contributed by atoms with E-state index in [1.807, 2.05) is 27.7 Å². The number of esters is 2. The molecule has 5 nitrogen and oxygen atoms in total. The number of carbonyl (C=O) groups is 2. The zero-order valence-corrected chi connectivity index (χ0v) is 15.9. The molecule has 0 spiro atoms. The summed E-state index contributed by atoms with van der Waals surface area (Å²) in [6, 6.07) is 0. The Morgan fingerprint density at radius 3 is 2.12 bits per heavy atom. The molecule has 5 heteroatoms. The molecule has 0 amide bonds. The van der Waals surface area contributed by atoms with Crippen LogP contribution in [0.1, 0.15) is 72.6 Å². The molecule has 0 atom stereocenters. The van der Waals surface area contributed by atoms with E-state index in [0.29, 0.717) is 18.9 Å². The van der Waals surface area contributed by atoms with Gasteiger partial charge in [-0.2, -0.15) is 0 Å². The van der Waals surface area contributed by atoms with Crippen LogP contribution in [0.15, 0.2) is 0 Å². The maximum atomic E-state index is 11.6. The predicted octanol–water partition coefficient (Wildman–Crippen LogP) is 3.46. The number of hydrogen-bond donors (Lipinski definition) is 1. The Hall–Kier alpha value is -1.10. The standard InChI is InChI=1S/C19H35NO4/c1-5-23-17(21)11-10-15-6-8-16(9-7-15)12-13-20-14-18(22)24-19(2,3)4/h15-16,20H,5-14H2,1-4H3/t15-,16-. The van der Waals surface area contributed by atoms with Crippen molar-refractivity contribution in [3.05, 3.63) is 0 Å². The van der Waals surface area contributed by atoms with Crippen molar-refractivity contribution >= 4 is 11.9 Å². The first-order valence-corrected chi connectivity index (χ1v) is 9.38. The molecule has 1 aliphatic rings. The van der Waals surface area contributed by atoms with Gasteiger partial charge in [-0.25, -0.2) is 0 Å². The Labute approximate surface area is 146 Å². The first kappa shape index (κ1) is 20.9. The summed E-state index contributed by atoms with van der Waals surface area (Å²) in [4.78, 5) is 23.0. The number of nitrogens with one attached hydrogen (secondary N) is 1. The second kappa shape index (κ2) is 10.7. The normalized spacial score (nSPS) is 21.3. The molecular weight excluding hydrogens is 306 g/mol. The molecule has 0 aromatic rings. The van der Waals surface area contributed by atoms with Crippen LogP contribution in [0.25, 0.3) is 0 Å². The van der Waals surface area contributed by atoms with E-state index >= 15 is 0 Å². The second-order valence-corrected chi connectivity index (χ2v) is 7.78. The van der Waals surface area contributed by atoms with Crippen LogP contribution in [0.3, 0.4) is 0 Å². The van der Waals surface area contributed by atoms with Gasteiger partial charge in [0, 0.05) is 6.42 Å². The summed E-state index contributed by atoms with van der Waals surface area (Å²) >= 11 is 0. The number of hydrogen-bond acceptors (Lipinski definition) is 5. The summed E-state index contributed by atoms with van der Waals surface area (Å²) in [5.74, 6) is 1.14. The largest absolute Gasteiger partial charge is 0.466 e. The third kappa shape index (κ3) is 9.91. The fourth-order valence-electron chi connectivity index (χ4n) is 3.24. The van der Waals surface area contributed by atoms with Crippen molar-refractivity contribution in [2.45, 2.75) is 78.2 Å². The highest BCUT2D eigenvalue weighted by Gasteiger charge is 2.22. The van der Waals surface area contributed by atoms with Gasteiger partial charge >= 0.3 is 11.9 Å². The van der Waals surface area contributed by atoms with Gasteiger partial charge in [0.15, 0.2) is 0 Å². The molecule has 1 rings (SSSR count). The zero-order valence-electron chi connectivity index (χ0n) is 15.9. The van der Waals surface area contributed by atoms with Crippen LogP contribution in [0.5, 0.6) is 0 Å². The lowest BCUT2D eigenvalue weighted by Gasteiger charge is -2.28. The lowest BCUT2D eigenvalue weighted by Crippen LogP contribution is -2.32. The minimum atomic E-state index is -0.416. The fraction of sp³-hybridized carbons (Fsp3) is 0.895. The zero-order chi connectivity index (χ0) is 18.0. The molecule has 0 aliphatic heterocycles. The van der Waals surface area contributed by atoms with E-state index in [4.69, 9.17) is 9.47 Å². The van der Waals surface area contributed by atoms with Gasteiger partial charge in [-0.1, -0.05) is 25.7 Å². The molecule has 0 aromatic carbocycles. The van der Waals surface area contributed by atoms with Gasteiger partial charge in [0.05, 0.1) is 13.2 Å². The molecule has 0 heterocycles. The molecule has 0 saturated heterocycles. The third-order valence-electron chi connectivity index (χ3n) is 4.45. The fourth-order valence-corrected chi connectivity index (χ4v) is 3.24. The number of rotatable bonds is 9. The van der Waals surface area contributed by atoms with Crippen molar-refractivity contribution in [1.29, 1.82) is 0 Å². The van der Waals surface area contributed by atoms with Crippen LogP contribution in [0.2, 0.25) is 0 Å². The number of ether oxygens (including phenoxy) is 2. The summed E-state index contributed by atoms with van der Waals surface area (Å²) < 4.78 is 10.3. The van der Waals surface area contributed by atoms with E-state index in [2.05, 4.69) is 5.32 Å². The lowest BCUT2D eigenvalue weighted by atomic mass is 9.79. The first-order chi connectivity index (χ1) is 11.3. The molecule has 1 N–H and O–H groups in total. The van der Waals surface area contributed by atoms with Gasteiger partial charge in [0.25, 0.3) is 0 Å². The topological polar surface area (TPSA) is 64.6 Å². The minimum Gasteiger partial charge on any atom is -0.466 e. The minimum absolute atomic E-state index is 0.0639. The van der Waals surface area contributed by atoms with Crippen LogP contribution in [0, 0.1) is 11.8 Å². The van der Waals surface area contributed by atoms with Crippen LogP contribution >= 0.6 is 0 Å². The average molecular weight is 341 g/mol. The summed E-state index contributed by atoms with van der Waals surface area (Å²) in [7, 11) is 0. The van der Waals surface area contributed by atoms with E-state index in [1.54, 1.807) is 0 Å². The van der Waals surface area contributed by atoms with Gasteiger partial charge in [-0.15, -0.1) is 0 Å². The van der Waals surface area contributed by atoms with Crippen molar-refractivity contribution in [2.24, 2.45) is 11.8 Å².